The molecule has 0 amide bonds. The molecule has 116 valence electrons. The largest absolute Gasteiger partial charge is 0.308 e. The fourth-order valence-electron chi connectivity index (χ4n) is 2.97. The van der Waals surface area contributed by atoms with Crippen LogP contribution in [0.3, 0.4) is 0 Å². The van der Waals surface area contributed by atoms with Crippen molar-refractivity contribution in [3.8, 4) is 0 Å². The van der Waals surface area contributed by atoms with E-state index in [9.17, 15) is 0 Å². The summed E-state index contributed by atoms with van der Waals surface area (Å²) in [7, 11) is 4.16. The summed E-state index contributed by atoms with van der Waals surface area (Å²) in [6.45, 7) is 2.18. The fraction of sp³-hybridized carbons (Fsp3) is 0.222. The number of benzene rings is 2. The smallest absolute Gasteiger partial charge is 0.161 e. The Balaban J connectivity index is 2.21. The molecule has 0 aliphatic carbocycles. The highest BCUT2D eigenvalue weighted by atomic mass is 79.9. The van der Waals surface area contributed by atoms with E-state index in [1.165, 1.54) is 0 Å². The molecule has 4 rings (SSSR count). The molecule has 0 saturated heterocycles. The molecule has 0 N–H and O–H groups in total. The van der Waals surface area contributed by atoms with Crippen molar-refractivity contribution in [1.82, 2.24) is 19.4 Å². The number of rotatable bonds is 2. The third-order valence-corrected chi connectivity index (χ3v) is 4.87. The van der Waals surface area contributed by atoms with E-state index in [0.717, 1.165) is 37.6 Å². The molecule has 23 heavy (non-hydrogen) atoms. The van der Waals surface area contributed by atoms with E-state index < -0.39 is 0 Å². The van der Waals surface area contributed by atoms with Crippen molar-refractivity contribution in [1.29, 1.82) is 0 Å². The van der Waals surface area contributed by atoms with Gasteiger partial charge in [0.2, 0.25) is 0 Å². The van der Waals surface area contributed by atoms with Crippen LogP contribution in [0.4, 0.5) is 0 Å². The Hall–Kier alpha value is -1.98. The highest BCUT2D eigenvalue weighted by Crippen LogP contribution is 2.33. The van der Waals surface area contributed by atoms with Gasteiger partial charge in [0.25, 0.3) is 0 Å². The van der Waals surface area contributed by atoms with E-state index in [-0.39, 0.29) is 6.17 Å². The van der Waals surface area contributed by atoms with Crippen LogP contribution >= 0.6 is 15.9 Å². The third kappa shape index (κ3) is 2.23. The Morgan fingerprint density at radius 2 is 1.74 bits per heavy atom. The molecule has 2 aromatic heterocycles. The summed E-state index contributed by atoms with van der Waals surface area (Å²) in [5.41, 5.74) is 4.89. The van der Waals surface area contributed by atoms with Gasteiger partial charge in [0.1, 0.15) is 5.52 Å². The Labute approximate surface area is 142 Å². The number of fused-ring (bicyclic) bond motifs is 4. The molecule has 0 spiro atoms. The highest BCUT2D eigenvalue weighted by Gasteiger charge is 2.19. The van der Waals surface area contributed by atoms with Gasteiger partial charge in [-0.05, 0) is 51.4 Å². The summed E-state index contributed by atoms with van der Waals surface area (Å²) in [5, 5.41) is 1.13. The van der Waals surface area contributed by atoms with Crippen LogP contribution in [-0.4, -0.2) is 33.5 Å². The van der Waals surface area contributed by atoms with Crippen molar-refractivity contribution in [2.24, 2.45) is 0 Å². The molecule has 2 heterocycles. The molecule has 2 aromatic carbocycles. The standard InChI is InChI=1S/C18H17BrN4/c1-11(22(2)3)23-16-9-8-12(19)10-13(16)17-18(23)21-15-7-5-4-6-14(15)20-17/h4-11H,1-3H3. The second-order valence-electron chi connectivity index (χ2n) is 6.01. The topological polar surface area (TPSA) is 34.0 Å². The van der Waals surface area contributed by atoms with E-state index in [4.69, 9.17) is 9.97 Å². The average Bonchev–Trinajstić information content (AvgIpc) is 2.84. The Bertz CT molecular complexity index is 1040. The first-order chi connectivity index (χ1) is 11.1. The van der Waals surface area contributed by atoms with Crippen LogP contribution in [0.1, 0.15) is 13.1 Å². The van der Waals surface area contributed by atoms with E-state index in [0.29, 0.717) is 0 Å². The molecule has 0 aliphatic rings. The maximum Gasteiger partial charge on any atom is 0.161 e. The predicted molar refractivity (Wildman–Crippen MR) is 98.6 cm³/mol. The van der Waals surface area contributed by atoms with Crippen LogP contribution < -0.4 is 0 Å². The molecule has 0 saturated carbocycles. The van der Waals surface area contributed by atoms with E-state index in [1.807, 2.05) is 24.3 Å². The van der Waals surface area contributed by atoms with Gasteiger partial charge >= 0.3 is 0 Å². The number of nitrogens with zero attached hydrogens (tertiary/aromatic N) is 4. The summed E-state index contributed by atoms with van der Waals surface area (Å²) in [4.78, 5) is 12.0. The first-order valence-electron chi connectivity index (χ1n) is 7.58. The highest BCUT2D eigenvalue weighted by molar-refractivity contribution is 9.10. The normalized spacial score (nSPS) is 13.4. The lowest BCUT2D eigenvalue weighted by molar-refractivity contribution is 0.249. The maximum absolute atomic E-state index is 4.91. The van der Waals surface area contributed by atoms with Crippen molar-refractivity contribution >= 4 is 49.0 Å². The molecular formula is C18H17BrN4. The van der Waals surface area contributed by atoms with Crippen molar-refractivity contribution in [2.75, 3.05) is 14.1 Å². The van der Waals surface area contributed by atoms with Crippen LogP contribution in [0, 0.1) is 0 Å². The van der Waals surface area contributed by atoms with E-state index in [2.05, 4.69) is 64.6 Å². The van der Waals surface area contributed by atoms with Gasteiger partial charge in [0, 0.05) is 9.86 Å². The number of hydrogen-bond acceptors (Lipinski definition) is 3. The number of halogens is 1. The number of hydrogen-bond donors (Lipinski definition) is 0. The Morgan fingerprint density at radius 1 is 1.04 bits per heavy atom. The van der Waals surface area contributed by atoms with Crippen LogP contribution in [0.5, 0.6) is 0 Å². The van der Waals surface area contributed by atoms with Crippen molar-refractivity contribution in [2.45, 2.75) is 13.1 Å². The molecule has 4 aromatic rings. The quantitative estimate of drug-likeness (QED) is 0.519. The molecule has 1 unspecified atom stereocenters. The number of para-hydroxylation sites is 2. The molecule has 0 radical (unpaired) electrons. The van der Waals surface area contributed by atoms with Crippen molar-refractivity contribution in [3.05, 3.63) is 46.9 Å². The van der Waals surface area contributed by atoms with E-state index >= 15 is 0 Å². The fourth-order valence-corrected chi connectivity index (χ4v) is 3.33. The van der Waals surface area contributed by atoms with Crippen LogP contribution in [-0.2, 0) is 0 Å². The maximum atomic E-state index is 4.91. The third-order valence-electron chi connectivity index (χ3n) is 4.37. The van der Waals surface area contributed by atoms with E-state index in [1.54, 1.807) is 0 Å². The lowest BCUT2D eigenvalue weighted by Gasteiger charge is -2.23. The number of aromatic nitrogens is 3. The zero-order valence-electron chi connectivity index (χ0n) is 13.3. The van der Waals surface area contributed by atoms with Gasteiger partial charge in [-0.25, -0.2) is 9.97 Å². The van der Waals surface area contributed by atoms with Gasteiger partial charge < -0.3 is 4.57 Å². The molecule has 1 atom stereocenters. The van der Waals surface area contributed by atoms with Crippen LogP contribution in [0.25, 0.3) is 33.1 Å². The second-order valence-corrected chi connectivity index (χ2v) is 6.93. The molecule has 0 bridgehead atoms. The van der Waals surface area contributed by atoms with Gasteiger partial charge in [-0.3, -0.25) is 4.90 Å². The predicted octanol–water partition coefficient (Wildman–Crippen LogP) is 4.58. The summed E-state index contributed by atoms with van der Waals surface area (Å²) in [6, 6.07) is 14.4. The average molecular weight is 369 g/mol. The lowest BCUT2D eigenvalue weighted by atomic mass is 10.2. The van der Waals surface area contributed by atoms with Gasteiger partial charge in [0.05, 0.1) is 22.7 Å². The van der Waals surface area contributed by atoms with Gasteiger partial charge in [-0.15, -0.1) is 0 Å². The van der Waals surface area contributed by atoms with Gasteiger partial charge in [-0.1, -0.05) is 28.1 Å². The minimum Gasteiger partial charge on any atom is -0.308 e. The molecule has 4 nitrogen and oxygen atoms in total. The minimum atomic E-state index is 0.187. The zero-order chi connectivity index (χ0) is 16.1. The summed E-state index contributed by atoms with van der Waals surface area (Å²) >= 11 is 3.58. The minimum absolute atomic E-state index is 0.187. The van der Waals surface area contributed by atoms with Crippen molar-refractivity contribution < 1.29 is 0 Å². The van der Waals surface area contributed by atoms with Gasteiger partial charge in [0.15, 0.2) is 5.65 Å². The molecule has 5 heteroatoms. The second kappa shape index (κ2) is 5.28. The lowest BCUT2D eigenvalue weighted by Crippen LogP contribution is -2.22. The summed E-state index contributed by atoms with van der Waals surface area (Å²) in [6.07, 6.45) is 0.187. The van der Waals surface area contributed by atoms with Crippen LogP contribution in [0.2, 0.25) is 0 Å². The SMILES string of the molecule is CC(N(C)C)n1c2ccc(Br)cc2c2nc3ccccc3nc21. The molecule has 0 aliphatic heterocycles. The molecular weight excluding hydrogens is 352 g/mol. The monoisotopic (exact) mass is 368 g/mol. The van der Waals surface area contributed by atoms with Gasteiger partial charge in [-0.2, -0.15) is 0 Å². The summed E-state index contributed by atoms with van der Waals surface area (Å²) in [5.74, 6) is 0. The first kappa shape index (κ1) is 14.6. The zero-order valence-corrected chi connectivity index (χ0v) is 14.9. The molecule has 0 fully saturated rings. The summed E-state index contributed by atoms with van der Waals surface area (Å²) < 4.78 is 3.31. The Kier molecular flexibility index (Phi) is 3.36. The first-order valence-corrected chi connectivity index (χ1v) is 8.38. The van der Waals surface area contributed by atoms with Crippen LogP contribution in [0.15, 0.2) is 46.9 Å². The van der Waals surface area contributed by atoms with Crippen molar-refractivity contribution in [3.63, 3.8) is 0 Å². The Morgan fingerprint density at radius 3 is 2.43 bits per heavy atom.